The lowest BCUT2D eigenvalue weighted by molar-refractivity contribution is -0.143. The van der Waals surface area contributed by atoms with Gasteiger partial charge in [0.2, 0.25) is 5.91 Å². The van der Waals surface area contributed by atoms with Gasteiger partial charge in [0.05, 0.1) is 13.2 Å². The van der Waals surface area contributed by atoms with Crippen molar-refractivity contribution in [2.75, 3.05) is 13.2 Å². The molecule has 0 saturated heterocycles. The Morgan fingerprint density at radius 3 is 2.25 bits per heavy atom. The van der Waals surface area contributed by atoms with Crippen molar-refractivity contribution < 1.29 is 23.5 Å². The molecular weight excluding hydrogens is 457 g/mol. The van der Waals surface area contributed by atoms with E-state index in [9.17, 15) is 14.0 Å². The first-order chi connectivity index (χ1) is 17.5. The van der Waals surface area contributed by atoms with Gasteiger partial charge >= 0.3 is 5.97 Å². The Bertz CT molecular complexity index is 1100. The Kier molecular flexibility index (Phi) is 11.0. The molecule has 0 atom stereocenters. The first kappa shape index (κ1) is 26.9. The van der Waals surface area contributed by atoms with Crippen molar-refractivity contribution >= 4 is 11.9 Å². The van der Waals surface area contributed by atoms with Crippen LogP contribution in [0.25, 0.3) is 11.1 Å². The van der Waals surface area contributed by atoms with E-state index >= 15 is 0 Å². The van der Waals surface area contributed by atoms with Crippen LogP contribution in [-0.2, 0) is 27.3 Å². The summed E-state index contributed by atoms with van der Waals surface area (Å²) in [7, 11) is 0. The first-order valence-electron chi connectivity index (χ1n) is 12.5. The van der Waals surface area contributed by atoms with Gasteiger partial charge in [0.1, 0.15) is 11.6 Å². The fourth-order valence-electron chi connectivity index (χ4n) is 3.79. The van der Waals surface area contributed by atoms with E-state index < -0.39 is 0 Å². The SMILES string of the molecule is CCOC(=O)CCCOc1ccc(-c2ccc(CNC(=O)CCCCc3cccc(F)c3)cc2)cc1. The van der Waals surface area contributed by atoms with Crippen molar-refractivity contribution in [3.8, 4) is 16.9 Å². The number of amides is 1. The summed E-state index contributed by atoms with van der Waals surface area (Å²) in [6.45, 7) is 3.15. The zero-order chi connectivity index (χ0) is 25.6. The van der Waals surface area contributed by atoms with E-state index in [-0.39, 0.29) is 17.7 Å². The van der Waals surface area contributed by atoms with Gasteiger partial charge in [-0.25, -0.2) is 4.39 Å². The Hall–Kier alpha value is -3.67. The Morgan fingerprint density at radius 1 is 0.833 bits per heavy atom. The summed E-state index contributed by atoms with van der Waals surface area (Å²) in [4.78, 5) is 23.5. The highest BCUT2D eigenvalue weighted by molar-refractivity contribution is 5.75. The van der Waals surface area contributed by atoms with Crippen molar-refractivity contribution in [1.29, 1.82) is 0 Å². The van der Waals surface area contributed by atoms with Gasteiger partial charge in [-0.2, -0.15) is 0 Å². The topological polar surface area (TPSA) is 64.6 Å². The summed E-state index contributed by atoms with van der Waals surface area (Å²) in [5.74, 6) is 0.368. The van der Waals surface area contributed by atoms with E-state index in [2.05, 4.69) is 5.32 Å². The number of rotatable bonds is 14. The number of carbonyl (C=O) groups excluding carboxylic acids is 2. The third-order valence-electron chi connectivity index (χ3n) is 5.74. The van der Waals surface area contributed by atoms with Crippen LogP contribution in [-0.4, -0.2) is 25.1 Å². The standard InChI is InChI=1S/C30H34FNO4/c1-2-35-30(34)11-6-20-36-28-18-16-26(17-19-28)25-14-12-24(13-15-25)22-32-29(33)10-4-3-7-23-8-5-9-27(31)21-23/h5,8-9,12-19,21H,2-4,6-7,10-11,20,22H2,1H3,(H,32,33). The third-order valence-corrected chi connectivity index (χ3v) is 5.74. The number of ether oxygens (including phenoxy) is 2. The first-order valence-corrected chi connectivity index (χ1v) is 12.5. The molecular formula is C30H34FNO4. The number of halogens is 1. The van der Waals surface area contributed by atoms with Crippen LogP contribution < -0.4 is 10.1 Å². The molecule has 0 heterocycles. The second-order valence-corrected chi connectivity index (χ2v) is 8.59. The predicted octanol–water partition coefficient (Wildman–Crippen LogP) is 6.24. The lowest BCUT2D eigenvalue weighted by Crippen LogP contribution is -2.22. The molecule has 0 spiro atoms. The van der Waals surface area contributed by atoms with Gasteiger partial charge in [0.15, 0.2) is 0 Å². The number of carbonyl (C=O) groups is 2. The molecule has 0 aliphatic heterocycles. The fourth-order valence-corrected chi connectivity index (χ4v) is 3.79. The number of esters is 1. The minimum Gasteiger partial charge on any atom is -0.494 e. The van der Waals surface area contributed by atoms with Crippen molar-refractivity contribution in [2.45, 2.75) is 52.0 Å². The summed E-state index contributed by atoms with van der Waals surface area (Å²) < 4.78 is 23.8. The molecule has 1 N–H and O–H groups in total. The molecule has 190 valence electrons. The van der Waals surface area contributed by atoms with Gasteiger partial charge in [-0.3, -0.25) is 9.59 Å². The summed E-state index contributed by atoms with van der Waals surface area (Å²) in [5, 5.41) is 2.97. The lowest BCUT2D eigenvalue weighted by Gasteiger charge is -2.09. The van der Waals surface area contributed by atoms with Crippen LogP contribution in [0.4, 0.5) is 4.39 Å². The highest BCUT2D eigenvalue weighted by Gasteiger charge is 2.05. The minimum absolute atomic E-state index is 0.0242. The number of nitrogens with one attached hydrogen (secondary N) is 1. The van der Waals surface area contributed by atoms with Crippen molar-refractivity contribution in [2.24, 2.45) is 0 Å². The highest BCUT2D eigenvalue weighted by atomic mass is 19.1. The Balaban J connectivity index is 1.35. The molecule has 0 aromatic heterocycles. The van der Waals surface area contributed by atoms with Gasteiger partial charge < -0.3 is 14.8 Å². The molecule has 3 rings (SSSR count). The summed E-state index contributed by atoms with van der Waals surface area (Å²) >= 11 is 0. The third kappa shape index (κ3) is 9.53. The maximum atomic E-state index is 13.2. The smallest absolute Gasteiger partial charge is 0.305 e. The molecule has 0 radical (unpaired) electrons. The monoisotopic (exact) mass is 491 g/mol. The van der Waals surface area contributed by atoms with Crippen LogP contribution in [0.1, 0.15) is 50.2 Å². The van der Waals surface area contributed by atoms with E-state index in [1.165, 1.54) is 6.07 Å². The molecule has 1 amide bonds. The Morgan fingerprint density at radius 2 is 1.56 bits per heavy atom. The van der Waals surface area contributed by atoms with Crippen molar-refractivity contribution in [1.82, 2.24) is 5.32 Å². The van der Waals surface area contributed by atoms with Gasteiger partial charge in [0.25, 0.3) is 0 Å². The highest BCUT2D eigenvalue weighted by Crippen LogP contribution is 2.23. The number of benzene rings is 3. The molecule has 0 aliphatic rings. The number of hydrogen-bond acceptors (Lipinski definition) is 4. The van der Waals surface area contributed by atoms with E-state index in [1.807, 2.05) is 54.6 Å². The summed E-state index contributed by atoms with van der Waals surface area (Å²) in [6.07, 6.45) is 3.83. The van der Waals surface area contributed by atoms with Crippen molar-refractivity contribution in [3.63, 3.8) is 0 Å². The van der Waals surface area contributed by atoms with Crippen LogP contribution in [0.3, 0.4) is 0 Å². The minimum atomic E-state index is -0.221. The summed E-state index contributed by atoms with van der Waals surface area (Å²) in [6, 6.07) is 22.5. The average Bonchev–Trinajstić information content (AvgIpc) is 2.89. The van der Waals surface area contributed by atoms with Gasteiger partial charge in [-0.15, -0.1) is 0 Å². The van der Waals surface area contributed by atoms with E-state index in [1.54, 1.807) is 19.1 Å². The zero-order valence-corrected chi connectivity index (χ0v) is 20.8. The van der Waals surface area contributed by atoms with Gasteiger partial charge in [0, 0.05) is 19.4 Å². The van der Waals surface area contributed by atoms with E-state index in [0.717, 1.165) is 47.3 Å². The largest absolute Gasteiger partial charge is 0.494 e. The molecule has 0 fully saturated rings. The molecule has 3 aromatic carbocycles. The van der Waals surface area contributed by atoms with Crippen LogP contribution in [0.5, 0.6) is 5.75 Å². The zero-order valence-electron chi connectivity index (χ0n) is 20.8. The quantitative estimate of drug-likeness (QED) is 0.214. The molecule has 0 unspecified atom stereocenters. The number of hydrogen-bond donors (Lipinski definition) is 1. The van der Waals surface area contributed by atoms with Crippen LogP contribution in [0.2, 0.25) is 0 Å². The molecule has 0 saturated carbocycles. The van der Waals surface area contributed by atoms with Gasteiger partial charge in [-0.05, 0) is 79.1 Å². The van der Waals surface area contributed by atoms with E-state index in [0.29, 0.717) is 39.0 Å². The second-order valence-electron chi connectivity index (χ2n) is 8.59. The maximum absolute atomic E-state index is 13.2. The molecule has 5 nitrogen and oxygen atoms in total. The van der Waals surface area contributed by atoms with Crippen LogP contribution in [0, 0.1) is 5.82 Å². The fraction of sp³-hybridized carbons (Fsp3) is 0.333. The number of aryl methyl sites for hydroxylation is 1. The molecule has 36 heavy (non-hydrogen) atoms. The normalized spacial score (nSPS) is 10.6. The lowest BCUT2D eigenvalue weighted by atomic mass is 10.0. The molecule has 0 bridgehead atoms. The molecule has 0 aliphatic carbocycles. The number of unbranched alkanes of at least 4 members (excludes halogenated alkanes) is 1. The molecule has 3 aromatic rings. The predicted molar refractivity (Wildman–Crippen MR) is 139 cm³/mol. The van der Waals surface area contributed by atoms with Crippen LogP contribution >= 0.6 is 0 Å². The molecule has 6 heteroatoms. The van der Waals surface area contributed by atoms with E-state index in [4.69, 9.17) is 9.47 Å². The van der Waals surface area contributed by atoms with Crippen LogP contribution in [0.15, 0.2) is 72.8 Å². The maximum Gasteiger partial charge on any atom is 0.305 e. The second kappa shape index (κ2) is 14.7. The average molecular weight is 492 g/mol. The van der Waals surface area contributed by atoms with Gasteiger partial charge in [-0.1, -0.05) is 48.5 Å². The van der Waals surface area contributed by atoms with Crippen molar-refractivity contribution in [3.05, 3.63) is 89.7 Å². The summed E-state index contributed by atoms with van der Waals surface area (Å²) in [5.41, 5.74) is 4.15. The Labute approximate surface area is 212 Å².